The zero-order chi connectivity index (χ0) is 13.1. The number of rotatable bonds is 4. The fourth-order valence-electron chi connectivity index (χ4n) is 1.96. The van der Waals surface area contributed by atoms with Gasteiger partial charge in [0, 0.05) is 16.8 Å². The Morgan fingerprint density at radius 3 is 2.83 bits per heavy atom. The van der Waals surface area contributed by atoms with Crippen LogP contribution in [0.4, 0.5) is 0 Å². The summed E-state index contributed by atoms with van der Waals surface area (Å²) in [6, 6.07) is 7.48. The van der Waals surface area contributed by atoms with Gasteiger partial charge in [0.15, 0.2) is 0 Å². The maximum absolute atomic E-state index is 10.8. The number of carboxylic acids is 1. The maximum atomic E-state index is 10.8. The van der Waals surface area contributed by atoms with Crippen molar-refractivity contribution in [2.45, 2.75) is 13.3 Å². The normalized spacial score (nSPS) is 10.3. The molecule has 0 aliphatic rings. The molecule has 0 saturated carbocycles. The Kier molecular flexibility index (Phi) is 3.32. The number of aryl methyl sites for hydroxylation is 1. The number of methoxy groups -OCH3 is 1. The summed E-state index contributed by atoms with van der Waals surface area (Å²) in [5, 5.41) is 15.8. The lowest BCUT2D eigenvalue weighted by atomic mass is 10.0. The van der Waals surface area contributed by atoms with Crippen molar-refractivity contribution < 1.29 is 14.6 Å². The van der Waals surface area contributed by atoms with E-state index >= 15 is 0 Å². The zero-order valence-electron chi connectivity index (χ0n) is 10.2. The van der Waals surface area contributed by atoms with Gasteiger partial charge in [-0.05, 0) is 13.0 Å². The monoisotopic (exact) mass is 246 g/mol. The van der Waals surface area contributed by atoms with Crippen molar-refractivity contribution in [3.05, 3.63) is 35.7 Å². The molecule has 1 aromatic heterocycles. The van der Waals surface area contributed by atoms with Crippen molar-refractivity contribution in [1.29, 1.82) is 0 Å². The molecule has 18 heavy (non-hydrogen) atoms. The van der Waals surface area contributed by atoms with E-state index in [-0.39, 0.29) is 6.42 Å². The summed E-state index contributed by atoms with van der Waals surface area (Å²) in [7, 11) is 1.59. The number of hydrogen-bond acceptors (Lipinski definition) is 3. The molecular weight excluding hydrogens is 232 g/mol. The third-order valence-electron chi connectivity index (χ3n) is 2.72. The van der Waals surface area contributed by atoms with E-state index in [2.05, 4.69) is 10.2 Å². The number of nitrogens with zero attached hydrogens (tertiary/aromatic N) is 1. The van der Waals surface area contributed by atoms with E-state index in [1.54, 1.807) is 7.11 Å². The SMILES string of the molecule is COc1ccccc1-c1c(CC(=O)O)n[nH]c1C. The highest BCUT2D eigenvalue weighted by molar-refractivity contribution is 5.79. The molecule has 94 valence electrons. The molecule has 0 fully saturated rings. The van der Waals surface area contributed by atoms with E-state index in [1.165, 1.54) is 0 Å². The quantitative estimate of drug-likeness (QED) is 0.865. The number of aromatic amines is 1. The van der Waals surface area contributed by atoms with Crippen molar-refractivity contribution in [1.82, 2.24) is 10.2 Å². The minimum atomic E-state index is -0.905. The summed E-state index contributed by atoms with van der Waals surface area (Å²) in [5.74, 6) is -0.203. The van der Waals surface area contributed by atoms with Crippen molar-refractivity contribution >= 4 is 5.97 Å². The molecule has 1 heterocycles. The Labute approximate surface area is 104 Å². The second-order valence-corrected chi connectivity index (χ2v) is 3.94. The van der Waals surface area contributed by atoms with E-state index in [9.17, 15) is 4.79 Å². The van der Waals surface area contributed by atoms with Crippen LogP contribution in [0, 0.1) is 6.92 Å². The van der Waals surface area contributed by atoms with Gasteiger partial charge in [0.1, 0.15) is 5.75 Å². The third kappa shape index (κ3) is 2.20. The molecule has 1 aromatic carbocycles. The first kappa shape index (κ1) is 12.2. The fraction of sp³-hybridized carbons (Fsp3) is 0.231. The molecule has 0 bridgehead atoms. The molecule has 0 saturated heterocycles. The summed E-state index contributed by atoms with van der Waals surface area (Å²) in [4.78, 5) is 10.8. The highest BCUT2D eigenvalue weighted by Gasteiger charge is 2.17. The molecule has 0 atom stereocenters. The summed E-state index contributed by atoms with van der Waals surface area (Å²) in [5.41, 5.74) is 3.00. The summed E-state index contributed by atoms with van der Waals surface area (Å²) < 4.78 is 5.30. The maximum Gasteiger partial charge on any atom is 0.309 e. The van der Waals surface area contributed by atoms with Gasteiger partial charge >= 0.3 is 5.97 Å². The van der Waals surface area contributed by atoms with E-state index in [0.29, 0.717) is 11.4 Å². The first-order chi connectivity index (χ1) is 8.63. The number of nitrogens with one attached hydrogen (secondary N) is 1. The highest BCUT2D eigenvalue weighted by atomic mass is 16.5. The number of benzene rings is 1. The fourth-order valence-corrected chi connectivity index (χ4v) is 1.96. The van der Waals surface area contributed by atoms with Crippen molar-refractivity contribution in [3.8, 4) is 16.9 Å². The zero-order valence-corrected chi connectivity index (χ0v) is 10.2. The van der Waals surface area contributed by atoms with Crippen molar-refractivity contribution in [2.24, 2.45) is 0 Å². The van der Waals surface area contributed by atoms with Gasteiger partial charge in [0.2, 0.25) is 0 Å². The van der Waals surface area contributed by atoms with Crippen molar-refractivity contribution in [3.63, 3.8) is 0 Å². The molecule has 0 unspecified atom stereocenters. The van der Waals surface area contributed by atoms with Gasteiger partial charge in [0.05, 0.1) is 19.2 Å². The first-order valence-corrected chi connectivity index (χ1v) is 5.52. The molecule has 0 radical (unpaired) electrons. The molecule has 0 amide bonds. The molecule has 2 aromatic rings. The number of para-hydroxylation sites is 1. The number of aliphatic carboxylic acids is 1. The predicted octanol–water partition coefficient (Wildman–Crippen LogP) is 2.02. The first-order valence-electron chi connectivity index (χ1n) is 5.52. The lowest BCUT2D eigenvalue weighted by Crippen LogP contribution is -2.02. The van der Waals surface area contributed by atoms with Gasteiger partial charge in [-0.1, -0.05) is 18.2 Å². The number of carboxylic acid groups (broad SMARTS) is 1. The Hall–Kier alpha value is -2.30. The van der Waals surface area contributed by atoms with E-state index in [0.717, 1.165) is 16.8 Å². The molecule has 0 aliphatic carbocycles. The summed E-state index contributed by atoms with van der Waals surface area (Å²) >= 11 is 0. The van der Waals surface area contributed by atoms with Crippen LogP contribution < -0.4 is 4.74 Å². The molecule has 5 heteroatoms. The minimum absolute atomic E-state index is 0.113. The highest BCUT2D eigenvalue weighted by Crippen LogP contribution is 2.33. The largest absolute Gasteiger partial charge is 0.496 e. The van der Waals surface area contributed by atoms with E-state index < -0.39 is 5.97 Å². The second kappa shape index (κ2) is 4.91. The van der Waals surface area contributed by atoms with Gasteiger partial charge in [0.25, 0.3) is 0 Å². The molecule has 2 rings (SSSR count). The molecule has 5 nitrogen and oxygen atoms in total. The molecular formula is C13H14N2O3. The van der Waals surface area contributed by atoms with Crippen LogP contribution in [0.1, 0.15) is 11.4 Å². The molecule has 2 N–H and O–H groups in total. The number of H-pyrrole nitrogens is 1. The average Bonchev–Trinajstić information content (AvgIpc) is 2.69. The Bertz CT molecular complexity index is 575. The van der Waals surface area contributed by atoms with Gasteiger partial charge in [-0.25, -0.2) is 0 Å². The Balaban J connectivity index is 2.55. The van der Waals surface area contributed by atoms with Crippen LogP contribution in [0.15, 0.2) is 24.3 Å². The van der Waals surface area contributed by atoms with Crippen LogP contribution >= 0.6 is 0 Å². The lowest BCUT2D eigenvalue weighted by molar-refractivity contribution is -0.136. The number of hydrogen-bond donors (Lipinski definition) is 2. The topological polar surface area (TPSA) is 75.2 Å². The summed E-state index contributed by atoms with van der Waals surface area (Å²) in [6.45, 7) is 1.86. The van der Waals surface area contributed by atoms with Crippen LogP contribution in [0.5, 0.6) is 5.75 Å². The summed E-state index contributed by atoms with van der Waals surface area (Å²) in [6.07, 6.45) is -0.113. The lowest BCUT2D eigenvalue weighted by Gasteiger charge is -2.08. The van der Waals surface area contributed by atoms with Gasteiger partial charge in [-0.15, -0.1) is 0 Å². The standard InChI is InChI=1S/C13H14N2O3/c1-8-13(10(15-14-8)7-12(16)17)9-5-3-4-6-11(9)18-2/h3-6H,7H2,1-2H3,(H,14,15)(H,16,17). The average molecular weight is 246 g/mol. The molecule has 0 aliphatic heterocycles. The van der Waals surface area contributed by atoms with Crippen LogP contribution in [0.2, 0.25) is 0 Å². The second-order valence-electron chi connectivity index (χ2n) is 3.94. The number of ether oxygens (including phenoxy) is 1. The van der Waals surface area contributed by atoms with Crippen LogP contribution in [0.3, 0.4) is 0 Å². The number of carbonyl (C=O) groups is 1. The third-order valence-corrected chi connectivity index (χ3v) is 2.72. The Morgan fingerprint density at radius 1 is 1.44 bits per heavy atom. The van der Waals surface area contributed by atoms with Crippen LogP contribution in [-0.2, 0) is 11.2 Å². The van der Waals surface area contributed by atoms with Crippen LogP contribution in [0.25, 0.3) is 11.1 Å². The predicted molar refractivity (Wildman–Crippen MR) is 66.7 cm³/mol. The van der Waals surface area contributed by atoms with Crippen LogP contribution in [-0.4, -0.2) is 28.4 Å². The van der Waals surface area contributed by atoms with E-state index in [4.69, 9.17) is 9.84 Å². The number of aromatic nitrogens is 2. The van der Waals surface area contributed by atoms with E-state index in [1.807, 2.05) is 31.2 Å². The van der Waals surface area contributed by atoms with Gasteiger partial charge < -0.3 is 9.84 Å². The minimum Gasteiger partial charge on any atom is -0.496 e. The molecule has 0 spiro atoms. The van der Waals surface area contributed by atoms with Gasteiger partial charge in [-0.2, -0.15) is 5.10 Å². The Morgan fingerprint density at radius 2 is 2.17 bits per heavy atom. The van der Waals surface area contributed by atoms with Crippen molar-refractivity contribution in [2.75, 3.05) is 7.11 Å². The smallest absolute Gasteiger partial charge is 0.309 e. The van der Waals surface area contributed by atoms with Gasteiger partial charge in [-0.3, -0.25) is 9.89 Å².